The van der Waals surface area contributed by atoms with Crippen molar-refractivity contribution in [2.24, 2.45) is 0 Å². The standard InChI is InChI=1S/C20H18O2/c1-5-21-19-15-11-7-10-14(4)18(15)20(22-6-2)16-12-8-9-13(3)17(16)19/h5-12H,1-2H2,3-4H3. The van der Waals surface area contributed by atoms with Crippen LogP contribution in [0.1, 0.15) is 11.1 Å². The Morgan fingerprint density at radius 3 is 1.50 bits per heavy atom. The van der Waals surface area contributed by atoms with Crippen LogP contribution in [0.4, 0.5) is 0 Å². The second-order valence-corrected chi connectivity index (χ2v) is 5.22. The first-order valence-corrected chi connectivity index (χ1v) is 7.18. The highest BCUT2D eigenvalue weighted by molar-refractivity contribution is 6.13. The smallest absolute Gasteiger partial charge is 0.142 e. The zero-order chi connectivity index (χ0) is 15.7. The summed E-state index contributed by atoms with van der Waals surface area (Å²) in [5.41, 5.74) is 2.26. The van der Waals surface area contributed by atoms with Crippen LogP contribution in [0.25, 0.3) is 21.5 Å². The van der Waals surface area contributed by atoms with E-state index in [0.717, 1.165) is 44.2 Å². The minimum atomic E-state index is 0.818. The monoisotopic (exact) mass is 290 g/mol. The molecule has 2 heteroatoms. The van der Waals surface area contributed by atoms with Crippen LogP contribution in [0, 0.1) is 13.8 Å². The second-order valence-electron chi connectivity index (χ2n) is 5.22. The Bertz CT molecular complexity index is 816. The first-order chi connectivity index (χ1) is 10.7. The van der Waals surface area contributed by atoms with Gasteiger partial charge in [-0.05, 0) is 25.0 Å². The molecule has 2 nitrogen and oxygen atoms in total. The van der Waals surface area contributed by atoms with Crippen LogP contribution in [-0.2, 0) is 0 Å². The van der Waals surface area contributed by atoms with Gasteiger partial charge in [0.15, 0.2) is 0 Å². The van der Waals surface area contributed by atoms with Gasteiger partial charge in [0.25, 0.3) is 0 Å². The molecule has 0 aliphatic rings. The zero-order valence-electron chi connectivity index (χ0n) is 12.8. The van der Waals surface area contributed by atoms with Crippen LogP contribution in [0.3, 0.4) is 0 Å². The summed E-state index contributed by atoms with van der Waals surface area (Å²) >= 11 is 0. The van der Waals surface area contributed by atoms with Crippen molar-refractivity contribution in [3.8, 4) is 11.5 Å². The molecular weight excluding hydrogens is 272 g/mol. The molecule has 110 valence electrons. The molecule has 0 unspecified atom stereocenters. The number of fused-ring (bicyclic) bond motifs is 2. The van der Waals surface area contributed by atoms with E-state index >= 15 is 0 Å². The van der Waals surface area contributed by atoms with Gasteiger partial charge in [-0.15, -0.1) is 0 Å². The molecule has 3 aromatic carbocycles. The summed E-state index contributed by atoms with van der Waals surface area (Å²) in [4.78, 5) is 0. The number of hydrogen-bond donors (Lipinski definition) is 0. The average molecular weight is 290 g/mol. The van der Waals surface area contributed by atoms with Gasteiger partial charge in [-0.25, -0.2) is 0 Å². The molecule has 0 N–H and O–H groups in total. The Hall–Kier alpha value is -2.74. The molecule has 0 fully saturated rings. The molecule has 22 heavy (non-hydrogen) atoms. The number of aryl methyl sites for hydroxylation is 2. The predicted molar refractivity (Wildman–Crippen MR) is 92.6 cm³/mol. The molecule has 0 heterocycles. The molecule has 0 spiro atoms. The van der Waals surface area contributed by atoms with E-state index in [9.17, 15) is 0 Å². The first-order valence-electron chi connectivity index (χ1n) is 7.18. The Morgan fingerprint density at radius 2 is 1.14 bits per heavy atom. The third-order valence-corrected chi connectivity index (χ3v) is 3.89. The fourth-order valence-corrected chi connectivity index (χ4v) is 3.00. The van der Waals surface area contributed by atoms with E-state index in [2.05, 4.69) is 39.1 Å². The van der Waals surface area contributed by atoms with E-state index < -0.39 is 0 Å². The highest BCUT2D eigenvalue weighted by Gasteiger charge is 2.18. The lowest BCUT2D eigenvalue weighted by Crippen LogP contribution is -1.94. The molecule has 0 saturated carbocycles. The van der Waals surface area contributed by atoms with Gasteiger partial charge >= 0.3 is 0 Å². The Balaban J connectivity index is 2.64. The zero-order valence-corrected chi connectivity index (χ0v) is 12.8. The molecule has 0 saturated heterocycles. The van der Waals surface area contributed by atoms with E-state index in [4.69, 9.17) is 9.47 Å². The van der Waals surface area contributed by atoms with Crippen molar-refractivity contribution < 1.29 is 9.47 Å². The molecule has 0 aromatic heterocycles. The summed E-state index contributed by atoms with van der Waals surface area (Å²) in [7, 11) is 0. The highest BCUT2D eigenvalue weighted by Crippen LogP contribution is 2.45. The SMILES string of the molecule is C=COc1c2cccc(C)c2c(OC=C)c2cccc(C)c12. The van der Waals surface area contributed by atoms with Crippen LogP contribution < -0.4 is 9.47 Å². The molecule has 3 aromatic rings. The summed E-state index contributed by atoms with van der Waals surface area (Å²) in [6.45, 7) is 11.6. The van der Waals surface area contributed by atoms with E-state index in [1.54, 1.807) is 0 Å². The van der Waals surface area contributed by atoms with Crippen molar-refractivity contribution in [1.29, 1.82) is 0 Å². The molecule has 3 rings (SSSR count). The summed E-state index contributed by atoms with van der Waals surface area (Å²) in [6, 6.07) is 12.3. The maximum absolute atomic E-state index is 5.78. The van der Waals surface area contributed by atoms with Crippen LogP contribution in [0.5, 0.6) is 11.5 Å². The van der Waals surface area contributed by atoms with Crippen molar-refractivity contribution in [3.63, 3.8) is 0 Å². The fourth-order valence-electron chi connectivity index (χ4n) is 3.00. The highest BCUT2D eigenvalue weighted by atomic mass is 16.5. The average Bonchev–Trinajstić information content (AvgIpc) is 2.51. The number of rotatable bonds is 4. The third kappa shape index (κ3) is 2.04. The fraction of sp³-hybridized carbons (Fsp3) is 0.100. The lowest BCUT2D eigenvalue weighted by molar-refractivity contribution is 0.486. The normalized spacial score (nSPS) is 10.6. The minimum Gasteiger partial charge on any atom is -0.464 e. The third-order valence-electron chi connectivity index (χ3n) is 3.89. The maximum Gasteiger partial charge on any atom is 0.142 e. The summed E-state index contributed by atoms with van der Waals surface area (Å²) < 4.78 is 11.6. The van der Waals surface area contributed by atoms with Gasteiger partial charge in [0.1, 0.15) is 11.5 Å². The van der Waals surface area contributed by atoms with Crippen LogP contribution in [0.15, 0.2) is 62.1 Å². The van der Waals surface area contributed by atoms with Gasteiger partial charge in [-0.3, -0.25) is 0 Å². The van der Waals surface area contributed by atoms with Gasteiger partial charge in [0.2, 0.25) is 0 Å². The van der Waals surface area contributed by atoms with Gasteiger partial charge in [0, 0.05) is 21.5 Å². The van der Waals surface area contributed by atoms with E-state index in [0.29, 0.717) is 0 Å². The quantitative estimate of drug-likeness (QED) is 0.456. The molecule has 0 radical (unpaired) electrons. The Kier molecular flexibility index (Phi) is 3.60. The van der Waals surface area contributed by atoms with Crippen LogP contribution >= 0.6 is 0 Å². The molecule has 0 aliphatic carbocycles. The molecule has 0 bridgehead atoms. The number of ether oxygens (including phenoxy) is 2. The predicted octanol–water partition coefficient (Wildman–Crippen LogP) is 5.65. The van der Waals surface area contributed by atoms with Crippen LogP contribution in [0.2, 0.25) is 0 Å². The first kappa shape index (κ1) is 14.2. The largest absolute Gasteiger partial charge is 0.464 e. The Morgan fingerprint density at radius 1 is 0.727 bits per heavy atom. The van der Waals surface area contributed by atoms with Crippen LogP contribution in [-0.4, -0.2) is 0 Å². The number of hydrogen-bond acceptors (Lipinski definition) is 2. The summed E-state index contributed by atoms with van der Waals surface area (Å²) in [6.07, 6.45) is 2.94. The van der Waals surface area contributed by atoms with Gasteiger partial charge in [-0.1, -0.05) is 49.6 Å². The molecule has 0 aliphatic heterocycles. The topological polar surface area (TPSA) is 18.5 Å². The van der Waals surface area contributed by atoms with E-state index in [-0.39, 0.29) is 0 Å². The summed E-state index contributed by atoms with van der Waals surface area (Å²) in [5.74, 6) is 1.64. The van der Waals surface area contributed by atoms with Crippen molar-refractivity contribution in [2.75, 3.05) is 0 Å². The van der Waals surface area contributed by atoms with Crippen molar-refractivity contribution in [1.82, 2.24) is 0 Å². The lowest BCUT2D eigenvalue weighted by atomic mass is 9.95. The van der Waals surface area contributed by atoms with Crippen molar-refractivity contribution in [2.45, 2.75) is 13.8 Å². The van der Waals surface area contributed by atoms with Gasteiger partial charge < -0.3 is 9.47 Å². The van der Waals surface area contributed by atoms with Gasteiger partial charge in [0.05, 0.1) is 12.5 Å². The maximum atomic E-state index is 5.78. The number of benzene rings is 3. The van der Waals surface area contributed by atoms with Crippen molar-refractivity contribution >= 4 is 21.5 Å². The lowest BCUT2D eigenvalue weighted by Gasteiger charge is -2.17. The van der Waals surface area contributed by atoms with E-state index in [1.807, 2.05) is 24.3 Å². The molecule has 0 atom stereocenters. The molecular formula is C20H18O2. The summed E-state index contributed by atoms with van der Waals surface area (Å²) in [5, 5.41) is 4.10. The second kappa shape index (κ2) is 5.57. The molecule has 0 amide bonds. The minimum absolute atomic E-state index is 0.818. The van der Waals surface area contributed by atoms with E-state index in [1.165, 1.54) is 12.5 Å². The Labute approximate surface area is 130 Å². The van der Waals surface area contributed by atoms with Crippen molar-refractivity contribution in [3.05, 3.63) is 73.2 Å². The van der Waals surface area contributed by atoms with Gasteiger partial charge in [-0.2, -0.15) is 0 Å².